The van der Waals surface area contributed by atoms with Crippen molar-refractivity contribution >= 4 is 5.91 Å². The number of carbonyl (C=O) groups is 1. The van der Waals surface area contributed by atoms with Crippen molar-refractivity contribution in [3.63, 3.8) is 0 Å². The second-order valence-electron chi connectivity index (χ2n) is 4.21. The third-order valence-electron chi connectivity index (χ3n) is 2.90. The zero-order valence-electron chi connectivity index (χ0n) is 9.55. The Morgan fingerprint density at radius 3 is 2.73 bits per heavy atom. The highest BCUT2D eigenvalue weighted by Gasteiger charge is 2.48. The van der Waals surface area contributed by atoms with Gasteiger partial charge in [0, 0.05) is 19.7 Å². The lowest BCUT2D eigenvalue weighted by Crippen LogP contribution is -2.38. The number of hydrogen-bond donors (Lipinski definition) is 2. The average molecular weight is 214 g/mol. The molecule has 1 fully saturated rings. The van der Waals surface area contributed by atoms with Crippen LogP contribution in [-0.2, 0) is 9.53 Å². The summed E-state index contributed by atoms with van der Waals surface area (Å²) in [6.45, 7) is 4.59. The van der Waals surface area contributed by atoms with E-state index in [4.69, 9.17) is 10.5 Å². The standard InChI is InChI=1S/C11H22N2O2/c1-2-3-7-15-8-6-13-10(14)11(9-12)4-5-11/h2-9,12H2,1H3,(H,13,14). The minimum Gasteiger partial charge on any atom is -0.380 e. The molecule has 0 aromatic heterocycles. The fraction of sp³-hybridized carbons (Fsp3) is 0.909. The average Bonchev–Trinajstić information content (AvgIpc) is 3.03. The Labute approximate surface area is 91.5 Å². The van der Waals surface area contributed by atoms with Gasteiger partial charge in [0.1, 0.15) is 0 Å². The van der Waals surface area contributed by atoms with Crippen LogP contribution in [0.2, 0.25) is 0 Å². The molecule has 4 nitrogen and oxygen atoms in total. The summed E-state index contributed by atoms with van der Waals surface area (Å²) in [5, 5.41) is 2.87. The lowest BCUT2D eigenvalue weighted by Gasteiger charge is -2.12. The van der Waals surface area contributed by atoms with E-state index >= 15 is 0 Å². The molecule has 88 valence electrons. The summed E-state index contributed by atoms with van der Waals surface area (Å²) >= 11 is 0. The van der Waals surface area contributed by atoms with Crippen LogP contribution in [0.5, 0.6) is 0 Å². The summed E-state index contributed by atoms with van der Waals surface area (Å²) < 4.78 is 5.35. The summed E-state index contributed by atoms with van der Waals surface area (Å²) in [4.78, 5) is 11.6. The fourth-order valence-corrected chi connectivity index (χ4v) is 1.45. The normalized spacial score (nSPS) is 17.5. The number of nitrogens with two attached hydrogens (primary N) is 1. The molecular formula is C11H22N2O2. The predicted octanol–water partition coefficient (Wildman–Crippen LogP) is 0.658. The zero-order chi connectivity index (χ0) is 11.1. The Balaban J connectivity index is 1.98. The van der Waals surface area contributed by atoms with Crippen molar-refractivity contribution in [1.29, 1.82) is 0 Å². The number of ether oxygens (including phenoxy) is 1. The first-order valence-corrected chi connectivity index (χ1v) is 5.81. The molecule has 0 radical (unpaired) electrons. The molecule has 0 aromatic rings. The van der Waals surface area contributed by atoms with Crippen molar-refractivity contribution < 1.29 is 9.53 Å². The van der Waals surface area contributed by atoms with Crippen LogP contribution in [0.1, 0.15) is 32.6 Å². The highest BCUT2D eigenvalue weighted by Crippen LogP contribution is 2.44. The molecule has 1 rings (SSSR count). The minimum atomic E-state index is -0.233. The van der Waals surface area contributed by atoms with Crippen molar-refractivity contribution in [2.75, 3.05) is 26.3 Å². The Morgan fingerprint density at radius 1 is 1.47 bits per heavy atom. The van der Waals surface area contributed by atoms with Crippen molar-refractivity contribution in [1.82, 2.24) is 5.32 Å². The topological polar surface area (TPSA) is 64.3 Å². The number of amides is 1. The maximum absolute atomic E-state index is 11.6. The van der Waals surface area contributed by atoms with Gasteiger partial charge >= 0.3 is 0 Å². The molecule has 0 saturated heterocycles. The molecule has 0 heterocycles. The smallest absolute Gasteiger partial charge is 0.227 e. The summed E-state index contributed by atoms with van der Waals surface area (Å²) in [7, 11) is 0. The second-order valence-corrected chi connectivity index (χ2v) is 4.21. The molecule has 1 amide bonds. The molecule has 0 spiro atoms. The number of carbonyl (C=O) groups excluding carboxylic acids is 1. The summed E-state index contributed by atoms with van der Waals surface area (Å²) in [5.74, 6) is 0.101. The summed E-state index contributed by atoms with van der Waals surface area (Å²) in [6.07, 6.45) is 4.10. The molecule has 0 atom stereocenters. The van der Waals surface area contributed by atoms with Gasteiger partial charge in [-0.3, -0.25) is 4.79 Å². The quantitative estimate of drug-likeness (QED) is 0.583. The first-order chi connectivity index (χ1) is 7.25. The fourth-order valence-electron chi connectivity index (χ4n) is 1.45. The van der Waals surface area contributed by atoms with Gasteiger partial charge < -0.3 is 15.8 Å². The van der Waals surface area contributed by atoms with Crippen molar-refractivity contribution in [3.05, 3.63) is 0 Å². The van der Waals surface area contributed by atoms with Crippen LogP contribution in [0, 0.1) is 5.41 Å². The van der Waals surface area contributed by atoms with Crippen LogP contribution in [0.3, 0.4) is 0 Å². The molecule has 1 aliphatic carbocycles. The number of unbranched alkanes of at least 4 members (excludes halogenated alkanes) is 1. The van der Waals surface area contributed by atoms with Gasteiger partial charge in [0.15, 0.2) is 0 Å². The largest absolute Gasteiger partial charge is 0.380 e. The highest BCUT2D eigenvalue weighted by molar-refractivity contribution is 5.85. The molecule has 1 saturated carbocycles. The molecule has 15 heavy (non-hydrogen) atoms. The number of rotatable bonds is 8. The Bertz CT molecular complexity index is 203. The van der Waals surface area contributed by atoms with Crippen molar-refractivity contribution in [3.8, 4) is 0 Å². The Morgan fingerprint density at radius 2 is 2.20 bits per heavy atom. The van der Waals surface area contributed by atoms with Crippen LogP contribution in [-0.4, -0.2) is 32.2 Å². The van der Waals surface area contributed by atoms with Gasteiger partial charge in [0.25, 0.3) is 0 Å². The van der Waals surface area contributed by atoms with Gasteiger partial charge in [0.05, 0.1) is 12.0 Å². The van der Waals surface area contributed by atoms with E-state index in [1.165, 1.54) is 0 Å². The SMILES string of the molecule is CCCCOCCNC(=O)C1(CN)CC1. The molecule has 0 aliphatic heterocycles. The van der Waals surface area contributed by atoms with E-state index in [1.54, 1.807) is 0 Å². The molecule has 4 heteroatoms. The molecule has 0 bridgehead atoms. The van der Waals surface area contributed by atoms with Crippen LogP contribution in [0.25, 0.3) is 0 Å². The Kier molecular flexibility index (Phi) is 5.05. The van der Waals surface area contributed by atoms with Crippen LogP contribution < -0.4 is 11.1 Å². The maximum Gasteiger partial charge on any atom is 0.227 e. The zero-order valence-corrected chi connectivity index (χ0v) is 9.55. The molecule has 0 aromatic carbocycles. The predicted molar refractivity (Wildman–Crippen MR) is 59.5 cm³/mol. The molecule has 3 N–H and O–H groups in total. The van der Waals surface area contributed by atoms with Crippen molar-refractivity contribution in [2.24, 2.45) is 11.1 Å². The van der Waals surface area contributed by atoms with E-state index in [2.05, 4.69) is 12.2 Å². The van der Waals surface area contributed by atoms with Gasteiger partial charge in [0.2, 0.25) is 5.91 Å². The first kappa shape index (κ1) is 12.5. The third-order valence-corrected chi connectivity index (χ3v) is 2.90. The van der Waals surface area contributed by atoms with Gasteiger partial charge in [-0.25, -0.2) is 0 Å². The van der Waals surface area contributed by atoms with E-state index in [0.29, 0.717) is 19.7 Å². The van der Waals surface area contributed by atoms with Crippen LogP contribution >= 0.6 is 0 Å². The van der Waals surface area contributed by atoms with Crippen LogP contribution in [0.15, 0.2) is 0 Å². The summed E-state index contributed by atoms with van der Waals surface area (Å²) in [5.41, 5.74) is 5.31. The van der Waals surface area contributed by atoms with Gasteiger partial charge in [-0.2, -0.15) is 0 Å². The highest BCUT2D eigenvalue weighted by atomic mass is 16.5. The Hall–Kier alpha value is -0.610. The third kappa shape index (κ3) is 3.80. The van der Waals surface area contributed by atoms with E-state index in [1.807, 2.05) is 0 Å². The van der Waals surface area contributed by atoms with Crippen LogP contribution in [0.4, 0.5) is 0 Å². The van der Waals surface area contributed by atoms with E-state index in [0.717, 1.165) is 32.3 Å². The van der Waals surface area contributed by atoms with E-state index in [9.17, 15) is 4.79 Å². The molecule has 1 aliphatic rings. The monoisotopic (exact) mass is 214 g/mol. The number of hydrogen-bond acceptors (Lipinski definition) is 3. The van der Waals surface area contributed by atoms with E-state index < -0.39 is 0 Å². The maximum atomic E-state index is 11.6. The lowest BCUT2D eigenvalue weighted by atomic mass is 10.1. The number of nitrogens with one attached hydrogen (secondary N) is 1. The van der Waals surface area contributed by atoms with Gasteiger partial charge in [-0.15, -0.1) is 0 Å². The molecule has 0 unspecified atom stereocenters. The van der Waals surface area contributed by atoms with Crippen molar-refractivity contribution in [2.45, 2.75) is 32.6 Å². The molecular weight excluding hydrogens is 192 g/mol. The van der Waals surface area contributed by atoms with Gasteiger partial charge in [-0.05, 0) is 19.3 Å². The second kappa shape index (κ2) is 6.08. The minimum absolute atomic E-state index is 0.101. The van der Waals surface area contributed by atoms with E-state index in [-0.39, 0.29) is 11.3 Å². The lowest BCUT2D eigenvalue weighted by molar-refractivity contribution is -0.126. The first-order valence-electron chi connectivity index (χ1n) is 5.81. The van der Waals surface area contributed by atoms with Gasteiger partial charge in [-0.1, -0.05) is 13.3 Å². The summed E-state index contributed by atoms with van der Waals surface area (Å²) in [6, 6.07) is 0.